The van der Waals surface area contributed by atoms with Crippen molar-refractivity contribution in [2.75, 3.05) is 17.6 Å². The molecular formula is C24H24FN3O5S2. The van der Waals surface area contributed by atoms with Gasteiger partial charge < -0.3 is 4.74 Å². The molecule has 0 saturated heterocycles. The molecule has 4 rings (SSSR count). The molecule has 35 heavy (non-hydrogen) atoms. The second-order valence-electron chi connectivity index (χ2n) is 7.82. The van der Waals surface area contributed by atoms with Gasteiger partial charge in [0.25, 0.3) is 10.0 Å². The Morgan fingerprint density at radius 2 is 1.66 bits per heavy atom. The molecule has 1 unspecified atom stereocenters. The van der Waals surface area contributed by atoms with Crippen molar-refractivity contribution >= 4 is 31.4 Å². The molecule has 0 saturated carbocycles. The summed E-state index contributed by atoms with van der Waals surface area (Å²) in [5, 5.41) is 4.45. The SMILES string of the molecule is CCS(=O)(=O)Nc1ccccc1C1=NN(S(=O)(=O)c2ccc(OC)cc2)C(c2ccc(F)cc2)C1. The highest BCUT2D eigenvalue weighted by Crippen LogP contribution is 2.38. The quantitative estimate of drug-likeness (QED) is 0.484. The fourth-order valence-electron chi connectivity index (χ4n) is 3.73. The summed E-state index contributed by atoms with van der Waals surface area (Å²) in [5.74, 6) is -0.0668. The zero-order valence-electron chi connectivity index (χ0n) is 19.0. The number of benzene rings is 3. The molecule has 0 radical (unpaired) electrons. The first-order valence-electron chi connectivity index (χ1n) is 10.8. The molecule has 11 heteroatoms. The number of anilines is 1. The van der Waals surface area contributed by atoms with Gasteiger partial charge in [0.15, 0.2) is 0 Å². The number of nitrogens with zero attached hydrogens (tertiary/aromatic N) is 2. The number of para-hydroxylation sites is 1. The third-order valence-corrected chi connectivity index (χ3v) is 8.60. The van der Waals surface area contributed by atoms with Crippen LogP contribution in [0.25, 0.3) is 0 Å². The summed E-state index contributed by atoms with van der Waals surface area (Å²) in [6.07, 6.45) is 0.159. The fraction of sp³-hybridized carbons (Fsp3) is 0.208. The Hall–Kier alpha value is -3.44. The number of methoxy groups -OCH3 is 1. The van der Waals surface area contributed by atoms with E-state index in [0.717, 1.165) is 4.41 Å². The van der Waals surface area contributed by atoms with Crippen LogP contribution in [0.1, 0.15) is 30.5 Å². The molecule has 8 nitrogen and oxygen atoms in total. The van der Waals surface area contributed by atoms with Gasteiger partial charge in [0.1, 0.15) is 11.6 Å². The third kappa shape index (κ3) is 5.15. The topological polar surface area (TPSA) is 105 Å². The molecule has 0 aromatic heterocycles. The first-order valence-corrected chi connectivity index (χ1v) is 13.8. The van der Waals surface area contributed by atoms with Crippen molar-refractivity contribution in [3.05, 3.63) is 89.7 Å². The number of rotatable bonds is 8. The fourth-order valence-corrected chi connectivity index (χ4v) is 5.82. The number of nitrogens with one attached hydrogen (secondary N) is 1. The molecule has 0 amide bonds. The molecule has 1 aliphatic heterocycles. The van der Waals surface area contributed by atoms with Crippen LogP contribution in [0.15, 0.2) is 82.8 Å². The highest BCUT2D eigenvalue weighted by atomic mass is 32.2. The molecule has 184 valence electrons. The Labute approximate surface area is 204 Å². The normalized spacial score (nSPS) is 16.1. The summed E-state index contributed by atoms with van der Waals surface area (Å²) in [4.78, 5) is 0.00961. The summed E-state index contributed by atoms with van der Waals surface area (Å²) < 4.78 is 73.9. The van der Waals surface area contributed by atoms with Crippen LogP contribution in [0.3, 0.4) is 0 Å². The molecule has 0 bridgehead atoms. The zero-order valence-corrected chi connectivity index (χ0v) is 20.7. The molecule has 1 heterocycles. The average Bonchev–Trinajstić information content (AvgIpc) is 3.31. The van der Waals surface area contributed by atoms with Crippen molar-refractivity contribution in [3.8, 4) is 5.75 Å². The van der Waals surface area contributed by atoms with Gasteiger partial charge >= 0.3 is 0 Å². The van der Waals surface area contributed by atoms with Gasteiger partial charge in [-0.05, 0) is 55.0 Å². The van der Waals surface area contributed by atoms with Gasteiger partial charge in [0.05, 0.1) is 35.2 Å². The molecule has 0 spiro atoms. The monoisotopic (exact) mass is 517 g/mol. The van der Waals surface area contributed by atoms with Crippen LogP contribution in [0.2, 0.25) is 0 Å². The molecule has 0 aliphatic carbocycles. The van der Waals surface area contributed by atoms with E-state index >= 15 is 0 Å². The number of hydrazone groups is 1. The van der Waals surface area contributed by atoms with Crippen molar-refractivity contribution in [2.24, 2.45) is 5.10 Å². The Balaban J connectivity index is 1.81. The molecule has 1 N–H and O–H groups in total. The largest absolute Gasteiger partial charge is 0.497 e. The van der Waals surface area contributed by atoms with Crippen molar-refractivity contribution in [1.82, 2.24) is 4.41 Å². The van der Waals surface area contributed by atoms with Gasteiger partial charge in [0, 0.05) is 12.0 Å². The summed E-state index contributed by atoms with van der Waals surface area (Å²) in [7, 11) is -6.20. The van der Waals surface area contributed by atoms with Crippen LogP contribution in [0, 0.1) is 5.82 Å². The van der Waals surface area contributed by atoms with Crippen molar-refractivity contribution < 1.29 is 26.0 Å². The Morgan fingerprint density at radius 1 is 1.00 bits per heavy atom. The van der Waals surface area contributed by atoms with Crippen molar-refractivity contribution in [2.45, 2.75) is 24.3 Å². The van der Waals surface area contributed by atoms with E-state index < -0.39 is 31.9 Å². The minimum atomic E-state index is -4.11. The Morgan fingerprint density at radius 3 is 2.29 bits per heavy atom. The van der Waals surface area contributed by atoms with E-state index in [2.05, 4.69) is 9.82 Å². The maximum absolute atomic E-state index is 13.6. The minimum absolute atomic E-state index is 0.00961. The number of ether oxygens (including phenoxy) is 1. The van der Waals surface area contributed by atoms with E-state index in [0.29, 0.717) is 28.3 Å². The Kier molecular flexibility index (Phi) is 6.82. The lowest BCUT2D eigenvalue weighted by atomic mass is 9.98. The highest BCUT2D eigenvalue weighted by molar-refractivity contribution is 7.92. The number of halogens is 1. The van der Waals surface area contributed by atoms with E-state index in [9.17, 15) is 21.2 Å². The lowest BCUT2D eigenvalue weighted by Gasteiger charge is -2.23. The van der Waals surface area contributed by atoms with Crippen molar-refractivity contribution in [3.63, 3.8) is 0 Å². The van der Waals surface area contributed by atoms with Gasteiger partial charge in [-0.15, -0.1) is 0 Å². The van der Waals surface area contributed by atoms with Crippen LogP contribution in [-0.2, 0) is 20.0 Å². The first-order chi connectivity index (χ1) is 16.6. The second-order valence-corrected chi connectivity index (χ2v) is 11.6. The van der Waals surface area contributed by atoms with E-state index in [-0.39, 0.29) is 17.1 Å². The smallest absolute Gasteiger partial charge is 0.279 e. The lowest BCUT2D eigenvalue weighted by Crippen LogP contribution is -2.27. The summed E-state index contributed by atoms with van der Waals surface area (Å²) in [6, 6.07) is 17.4. The van der Waals surface area contributed by atoms with Crippen LogP contribution >= 0.6 is 0 Å². The number of sulfonamides is 2. The molecule has 0 fully saturated rings. The summed E-state index contributed by atoms with van der Waals surface area (Å²) in [6.45, 7) is 1.52. The standard InChI is InChI=1S/C24H24FN3O5S2/c1-3-34(29,30)27-22-7-5-4-6-21(22)23-16-24(17-8-10-18(25)11-9-17)28(26-23)35(31,32)20-14-12-19(33-2)13-15-20/h4-15,24,27H,3,16H2,1-2H3. The van der Waals surface area contributed by atoms with E-state index in [1.165, 1.54) is 62.6 Å². The number of hydrogen-bond donors (Lipinski definition) is 1. The van der Waals surface area contributed by atoms with Crippen molar-refractivity contribution in [1.29, 1.82) is 0 Å². The van der Waals surface area contributed by atoms with Crippen LogP contribution in [-0.4, -0.2) is 39.8 Å². The molecule has 1 aliphatic rings. The second kappa shape index (κ2) is 9.67. The van der Waals surface area contributed by atoms with Gasteiger partial charge in [-0.25, -0.2) is 12.8 Å². The average molecular weight is 518 g/mol. The maximum atomic E-state index is 13.6. The molecule has 1 atom stereocenters. The predicted octanol–water partition coefficient (Wildman–Crippen LogP) is 4.14. The molecule has 3 aromatic rings. The van der Waals surface area contributed by atoms with Crippen LogP contribution in [0.4, 0.5) is 10.1 Å². The summed E-state index contributed by atoms with van der Waals surface area (Å²) in [5.41, 5.74) is 1.69. The lowest BCUT2D eigenvalue weighted by molar-refractivity contribution is 0.371. The van der Waals surface area contributed by atoms with Crippen LogP contribution < -0.4 is 9.46 Å². The molecular weight excluding hydrogens is 493 g/mol. The van der Waals surface area contributed by atoms with E-state index in [1.54, 1.807) is 24.3 Å². The van der Waals surface area contributed by atoms with Crippen LogP contribution in [0.5, 0.6) is 5.75 Å². The third-order valence-electron chi connectivity index (χ3n) is 5.61. The van der Waals surface area contributed by atoms with E-state index in [1.807, 2.05) is 0 Å². The van der Waals surface area contributed by atoms with Gasteiger partial charge in [0.2, 0.25) is 10.0 Å². The summed E-state index contributed by atoms with van der Waals surface area (Å²) >= 11 is 0. The zero-order chi connectivity index (χ0) is 25.2. The molecule has 3 aromatic carbocycles. The van der Waals surface area contributed by atoms with Gasteiger partial charge in [-0.1, -0.05) is 30.3 Å². The first kappa shape index (κ1) is 24.7. The number of hydrogen-bond acceptors (Lipinski definition) is 6. The van der Waals surface area contributed by atoms with E-state index in [4.69, 9.17) is 4.74 Å². The predicted molar refractivity (Wildman–Crippen MR) is 132 cm³/mol. The maximum Gasteiger partial charge on any atom is 0.279 e. The Bertz CT molecular complexity index is 1460. The van der Waals surface area contributed by atoms with Gasteiger partial charge in [-0.3, -0.25) is 4.72 Å². The van der Waals surface area contributed by atoms with Gasteiger partial charge in [-0.2, -0.15) is 17.9 Å². The highest BCUT2D eigenvalue weighted by Gasteiger charge is 2.38. The minimum Gasteiger partial charge on any atom is -0.497 e.